The Bertz CT molecular complexity index is 422. The van der Waals surface area contributed by atoms with Crippen LogP contribution in [-0.2, 0) is 10.8 Å². The summed E-state index contributed by atoms with van der Waals surface area (Å²) in [5.41, 5.74) is 6.23. The van der Waals surface area contributed by atoms with E-state index < -0.39 is 10.8 Å². The first-order valence-electron chi connectivity index (χ1n) is 6.40. The summed E-state index contributed by atoms with van der Waals surface area (Å²) < 4.78 is 13.7. The number of rotatable bonds is 2. The van der Waals surface area contributed by atoms with E-state index >= 15 is 0 Å². The number of benzene rings is 1. The Balaban J connectivity index is 2.19. The Morgan fingerprint density at radius 3 is 2.39 bits per heavy atom. The highest BCUT2D eigenvalue weighted by Crippen LogP contribution is 2.33. The Hall–Kier alpha value is -0.190. The third-order valence-corrected chi connectivity index (χ3v) is 6.30. The average Bonchev–Trinajstić information content (AvgIpc) is 2.28. The fraction of sp³-hybridized carbons (Fsp3) is 0.571. The summed E-state index contributed by atoms with van der Waals surface area (Å²) in [7, 11) is -0.999. The maximum atomic E-state index is 12.7. The Morgan fingerprint density at radius 1 is 1.22 bits per heavy atom. The molecular formula is C14H20BrNOS. The Kier molecular flexibility index (Phi) is 4.62. The van der Waals surface area contributed by atoms with Gasteiger partial charge in [-0.25, -0.2) is 0 Å². The molecule has 0 bridgehead atoms. The molecule has 5 unspecified atom stereocenters. The Morgan fingerprint density at radius 2 is 1.83 bits per heavy atom. The van der Waals surface area contributed by atoms with Crippen LogP contribution in [0.5, 0.6) is 0 Å². The quantitative estimate of drug-likeness (QED) is 0.904. The molecule has 0 heterocycles. The SMILES string of the molecule is CC1CC(C)C(S(=O)c2ccc(Br)cc2)C(N)C1. The minimum atomic E-state index is -0.999. The molecule has 1 aromatic carbocycles. The van der Waals surface area contributed by atoms with Gasteiger partial charge < -0.3 is 5.73 Å². The highest BCUT2D eigenvalue weighted by atomic mass is 79.9. The molecule has 0 spiro atoms. The summed E-state index contributed by atoms with van der Waals surface area (Å²) >= 11 is 3.40. The fourth-order valence-corrected chi connectivity index (χ4v) is 4.93. The molecule has 100 valence electrons. The second kappa shape index (κ2) is 5.85. The molecule has 1 aliphatic rings. The molecular weight excluding hydrogens is 310 g/mol. The third-order valence-electron chi connectivity index (χ3n) is 3.72. The highest BCUT2D eigenvalue weighted by Gasteiger charge is 2.36. The summed E-state index contributed by atoms with van der Waals surface area (Å²) in [5.74, 6) is 1.07. The zero-order valence-corrected chi connectivity index (χ0v) is 13.2. The van der Waals surface area contributed by atoms with Gasteiger partial charge >= 0.3 is 0 Å². The molecule has 1 aromatic rings. The van der Waals surface area contributed by atoms with Crippen LogP contribution in [0.25, 0.3) is 0 Å². The molecule has 0 aliphatic heterocycles. The number of nitrogens with two attached hydrogens (primary N) is 1. The van der Waals surface area contributed by atoms with Gasteiger partial charge in [0.15, 0.2) is 0 Å². The molecule has 0 aromatic heterocycles. The molecule has 1 saturated carbocycles. The maximum absolute atomic E-state index is 12.7. The van der Waals surface area contributed by atoms with E-state index in [1.165, 1.54) is 0 Å². The lowest BCUT2D eigenvalue weighted by atomic mass is 9.80. The first kappa shape index (κ1) is 14.2. The van der Waals surface area contributed by atoms with E-state index in [-0.39, 0.29) is 11.3 Å². The standard InChI is InChI=1S/C14H20BrNOS/c1-9-7-10(2)14(13(16)8-9)18(17)12-5-3-11(15)4-6-12/h3-6,9-10,13-14H,7-8,16H2,1-2H3. The lowest BCUT2D eigenvalue weighted by Gasteiger charge is -2.36. The van der Waals surface area contributed by atoms with Gasteiger partial charge in [0.1, 0.15) is 0 Å². The highest BCUT2D eigenvalue weighted by molar-refractivity contribution is 9.10. The van der Waals surface area contributed by atoms with Crippen molar-refractivity contribution >= 4 is 26.7 Å². The van der Waals surface area contributed by atoms with Crippen molar-refractivity contribution in [3.05, 3.63) is 28.7 Å². The second-order valence-corrected chi connectivity index (χ2v) is 7.96. The summed E-state index contributed by atoms with van der Waals surface area (Å²) in [6.07, 6.45) is 2.11. The van der Waals surface area contributed by atoms with Crippen molar-refractivity contribution in [1.82, 2.24) is 0 Å². The van der Waals surface area contributed by atoms with Crippen LogP contribution in [0.4, 0.5) is 0 Å². The van der Waals surface area contributed by atoms with Crippen molar-refractivity contribution in [3.8, 4) is 0 Å². The first-order valence-corrected chi connectivity index (χ1v) is 8.41. The van der Waals surface area contributed by atoms with Gasteiger partial charge in [-0.1, -0.05) is 29.8 Å². The molecule has 0 amide bonds. The van der Waals surface area contributed by atoms with Gasteiger partial charge in [0.05, 0.1) is 16.0 Å². The predicted octanol–water partition coefficient (Wildman–Crippen LogP) is 3.32. The van der Waals surface area contributed by atoms with Gasteiger partial charge in [0, 0.05) is 15.4 Å². The molecule has 0 saturated heterocycles. The van der Waals surface area contributed by atoms with Crippen molar-refractivity contribution in [2.24, 2.45) is 17.6 Å². The van der Waals surface area contributed by atoms with Crippen LogP contribution >= 0.6 is 15.9 Å². The topological polar surface area (TPSA) is 43.1 Å². The van der Waals surface area contributed by atoms with Gasteiger partial charge in [-0.15, -0.1) is 0 Å². The number of halogens is 1. The van der Waals surface area contributed by atoms with Gasteiger partial charge in [0.2, 0.25) is 0 Å². The molecule has 5 atom stereocenters. The smallest absolute Gasteiger partial charge is 0.0579 e. The Labute approximate surface area is 120 Å². The molecule has 4 heteroatoms. The molecule has 1 fully saturated rings. The fourth-order valence-electron chi connectivity index (χ4n) is 2.98. The van der Waals surface area contributed by atoms with Crippen molar-refractivity contribution in [1.29, 1.82) is 0 Å². The van der Waals surface area contributed by atoms with E-state index in [9.17, 15) is 4.21 Å². The lowest BCUT2D eigenvalue weighted by molar-refractivity contribution is 0.275. The van der Waals surface area contributed by atoms with E-state index in [4.69, 9.17) is 5.73 Å². The average molecular weight is 330 g/mol. The number of hydrogen-bond donors (Lipinski definition) is 1. The summed E-state index contributed by atoms with van der Waals surface area (Å²) in [5, 5.41) is 0.0855. The van der Waals surface area contributed by atoms with Crippen molar-refractivity contribution < 1.29 is 4.21 Å². The molecule has 1 aliphatic carbocycles. The minimum absolute atomic E-state index is 0.0493. The van der Waals surface area contributed by atoms with Crippen LogP contribution in [-0.4, -0.2) is 15.5 Å². The van der Waals surface area contributed by atoms with Crippen molar-refractivity contribution in [2.45, 2.75) is 42.9 Å². The van der Waals surface area contributed by atoms with Gasteiger partial charge in [-0.2, -0.15) is 0 Å². The van der Waals surface area contributed by atoms with Gasteiger partial charge in [0.25, 0.3) is 0 Å². The molecule has 2 N–H and O–H groups in total. The van der Waals surface area contributed by atoms with Crippen LogP contribution in [0.3, 0.4) is 0 Å². The summed E-state index contributed by atoms with van der Waals surface area (Å²) in [4.78, 5) is 0.889. The second-order valence-electron chi connectivity index (χ2n) is 5.43. The van der Waals surface area contributed by atoms with Crippen LogP contribution in [0.15, 0.2) is 33.6 Å². The zero-order valence-electron chi connectivity index (χ0n) is 10.8. The number of hydrogen-bond acceptors (Lipinski definition) is 2. The third kappa shape index (κ3) is 3.03. The zero-order chi connectivity index (χ0) is 13.3. The van der Waals surface area contributed by atoms with Crippen LogP contribution in [0.2, 0.25) is 0 Å². The van der Waals surface area contributed by atoms with E-state index in [1.54, 1.807) is 0 Å². The van der Waals surface area contributed by atoms with Crippen LogP contribution in [0.1, 0.15) is 26.7 Å². The first-order chi connectivity index (χ1) is 8.49. The summed E-state index contributed by atoms with van der Waals surface area (Å²) in [6.45, 7) is 4.41. The summed E-state index contributed by atoms with van der Waals surface area (Å²) in [6, 6.07) is 7.78. The minimum Gasteiger partial charge on any atom is -0.327 e. The van der Waals surface area contributed by atoms with E-state index in [1.807, 2.05) is 24.3 Å². The molecule has 0 radical (unpaired) electrons. The normalized spacial score (nSPS) is 34.2. The molecule has 18 heavy (non-hydrogen) atoms. The molecule has 2 nitrogen and oxygen atoms in total. The van der Waals surface area contributed by atoms with Gasteiger partial charge in [-0.3, -0.25) is 4.21 Å². The maximum Gasteiger partial charge on any atom is 0.0579 e. The van der Waals surface area contributed by atoms with Crippen molar-refractivity contribution in [3.63, 3.8) is 0 Å². The van der Waals surface area contributed by atoms with Gasteiger partial charge in [-0.05, 0) is 48.9 Å². The van der Waals surface area contributed by atoms with E-state index in [0.717, 1.165) is 22.2 Å². The molecule has 2 rings (SSSR count). The van der Waals surface area contributed by atoms with Crippen molar-refractivity contribution in [2.75, 3.05) is 0 Å². The monoisotopic (exact) mass is 329 g/mol. The van der Waals surface area contributed by atoms with E-state index in [2.05, 4.69) is 29.8 Å². The van der Waals surface area contributed by atoms with Crippen LogP contribution < -0.4 is 5.73 Å². The largest absolute Gasteiger partial charge is 0.327 e. The lowest BCUT2D eigenvalue weighted by Crippen LogP contribution is -2.47. The predicted molar refractivity (Wildman–Crippen MR) is 79.9 cm³/mol. The van der Waals surface area contributed by atoms with Crippen LogP contribution in [0, 0.1) is 11.8 Å². The van der Waals surface area contributed by atoms with E-state index in [0.29, 0.717) is 11.8 Å².